The topological polar surface area (TPSA) is 78.9 Å². The number of esters is 3. The number of carbonyl (C=O) groups is 3. The van der Waals surface area contributed by atoms with Crippen molar-refractivity contribution < 1.29 is 28.6 Å². The van der Waals surface area contributed by atoms with Gasteiger partial charge in [-0.2, -0.15) is 0 Å². The summed E-state index contributed by atoms with van der Waals surface area (Å²) in [5.41, 5.74) is 0. The highest BCUT2D eigenvalue weighted by Crippen LogP contribution is 2.15. The molecule has 0 saturated heterocycles. The van der Waals surface area contributed by atoms with Crippen molar-refractivity contribution in [3.8, 4) is 0 Å². The molecule has 0 radical (unpaired) electrons. The van der Waals surface area contributed by atoms with Gasteiger partial charge in [0.05, 0.1) is 0 Å². The molecule has 0 spiro atoms. The van der Waals surface area contributed by atoms with Gasteiger partial charge in [-0.05, 0) is 122 Å². The third kappa shape index (κ3) is 62.5. The minimum atomic E-state index is -0.820. The second-order valence-corrected chi connectivity index (χ2v) is 20.9. The van der Waals surface area contributed by atoms with Gasteiger partial charge in [0.25, 0.3) is 0 Å². The fourth-order valence-corrected chi connectivity index (χ4v) is 8.65. The molecule has 0 N–H and O–H groups in total. The number of unbranched alkanes of at least 4 members (excludes halogenated alkanes) is 26. The molecule has 0 bridgehead atoms. The first-order valence-electron chi connectivity index (χ1n) is 32.0. The molecule has 438 valence electrons. The van der Waals surface area contributed by atoms with Crippen molar-refractivity contribution in [3.63, 3.8) is 0 Å². The van der Waals surface area contributed by atoms with Crippen molar-refractivity contribution in [2.24, 2.45) is 0 Å². The number of carbonyl (C=O) groups excluding carboxylic acids is 3. The Morgan fingerprint density at radius 2 is 0.532 bits per heavy atom. The molecule has 0 rings (SSSR count). The Kier molecular flexibility index (Phi) is 60.8. The first-order chi connectivity index (χ1) is 38.0. The van der Waals surface area contributed by atoms with E-state index in [4.69, 9.17) is 14.2 Å². The molecule has 6 nitrogen and oxygen atoms in total. The zero-order valence-electron chi connectivity index (χ0n) is 50.2. The number of allylic oxidation sites excluding steroid dienone is 20. The predicted octanol–water partition coefficient (Wildman–Crippen LogP) is 22.0. The lowest BCUT2D eigenvalue weighted by Gasteiger charge is -2.18. The minimum absolute atomic E-state index is 0.110. The second-order valence-electron chi connectivity index (χ2n) is 20.9. The second kappa shape index (κ2) is 64.3. The van der Waals surface area contributed by atoms with E-state index in [0.717, 1.165) is 103 Å². The van der Waals surface area contributed by atoms with Gasteiger partial charge in [-0.1, -0.05) is 271 Å². The average Bonchev–Trinajstić information content (AvgIpc) is 3.43. The molecule has 0 aromatic heterocycles. The Morgan fingerprint density at radius 1 is 0.273 bits per heavy atom. The van der Waals surface area contributed by atoms with E-state index in [-0.39, 0.29) is 37.5 Å². The van der Waals surface area contributed by atoms with E-state index in [9.17, 15) is 14.4 Å². The molecule has 0 aromatic carbocycles. The molecule has 0 fully saturated rings. The Hall–Kier alpha value is -4.19. The first-order valence-corrected chi connectivity index (χ1v) is 32.0. The zero-order valence-corrected chi connectivity index (χ0v) is 50.2. The predicted molar refractivity (Wildman–Crippen MR) is 334 cm³/mol. The molecular formula is C71H118O6. The van der Waals surface area contributed by atoms with Crippen LogP contribution >= 0.6 is 0 Å². The van der Waals surface area contributed by atoms with Crippen molar-refractivity contribution in [2.75, 3.05) is 13.2 Å². The molecule has 0 aromatic rings. The normalized spacial score (nSPS) is 12.9. The SMILES string of the molecule is CC/C=C\C/C=C\C/C=C\C/C=C\CCC(=O)OCC(COC(=O)CCCCCCCCCCCC/C=C\C/C=C\C/C=C\CCCCCCC)OC(=O)CCCCCCCC/C=C\C/C=C\C/C=C\CCCCCCC. The molecule has 0 amide bonds. The molecule has 1 unspecified atom stereocenters. The molecule has 0 aliphatic carbocycles. The van der Waals surface area contributed by atoms with Gasteiger partial charge in [-0.25, -0.2) is 0 Å². The van der Waals surface area contributed by atoms with Gasteiger partial charge in [0.15, 0.2) is 6.10 Å². The van der Waals surface area contributed by atoms with Crippen LogP contribution in [0.3, 0.4) is 0 Å². The third-order valence-electron chi connectivity index (χ3n) is 13.4. The molecule has 0 aliphatic heterocycles. The molecule has 1 atom stereocenters. The Balaban J connectivity index is 4.41. The fraction of sp³-hybridized carbons (Fsp3) is 0.676. The van der Waals surface area contributed by atoms with Crippen LogP contribution in [0.1, 0.15) is 290 Å². The minimum Gasteiger partial charge on any atom is -0.462 e. The van der Waals surface area contributed by atoms with Gasteiger partial charge in [0.1, 0.15) is 13.2 Å². The Labute approximate surface area is 475 Å². The Bertz CT molecular complexity index is 1600. The summed E-state index contributed by atoms with van der Waals surface area (Å²) in [4.78, 5) is 38.3. The van der Waals surface area contributed by atoms with Crippen LogP contribution < -0.4 is 0 Å². The van der Waals surface area contributed by atoms with Gasteiger partial charge in [-0.15, -0.1) is 0 Å². The molecule has 0 saturated carbocycles. The average molecular weight is 1070 g/mol. The summed E-state index contributed by atoms with van der Waals surface area (Å²) in [6, 6.07) is 0. The zero-order chi connectivity index (χ0) is 55.7. The number of ether oxygens (including phenoxy) is 3. The molecular weight excluding hydrogens is 949 g/mol. The van der Waals surface area contributed by atoms with Crippen LogP contribution in [-0.4, -0.2) is 37.2 Å². The van der Waals surface area contributed by atoms with E-state index in [2.05, 4.69) is 136 Å². The maximum Gasteiger partial charge on any atom is 0.306 e. The van der Waals surface area contributed by atoms with Crippen LogP contribution in [0.5, 0.6) is 0 Å². The van der Waals surface area contributed by atoms with Crippen LogP contribution in [0.2, 0.25) is 0 Å². The summed E-state index contributed by atoms with van der Waals surface area (Å²) in [6.45, 7) is 6.43. The van der Waals surface area contributed by atoms with E-state index in [1.54, 1.807) is 0 Å². The Morgan fingerprint density at radius 3 is 0.870 bits per heavy atom. The highest BCUT2D eigenvalue weighted by molar-refractivity contribution is 5.71. The maximum absolute atomic E-state index is 12.9. The standard InChI is InChI=1S/C71H118O6/c1-4-7-10-13-16-19-22-25-27-29-31-33-34-35-36-38-39-41-43-46-49-52-55-58-61-64-70(73)76-67-68(66-75-69(72)63-60-57-54-51-48-45-24-21-18-15-12-9-6-3)77-71(74)65-62-59-56-53-50-47-44-42-40-37-32-30-28-26-23-20-17-14-11-8-5-2/h9,12,18,21-23,25-26,29-32,34-35,40,42,45,48,54,57,68H,4-8,10-11,13-17,19-20,24,27-28,33,36-39,41,43-44,46-47,49-53,55-56,58-67H2,1-3H3/b12-9-,21-18-,25-22-,26-23-,31-29-,32-30-,35-34-,42-40-,48-45-,57-54-. The van der Waals surface area contributed by atoms with Crippen LogP contribution in [0, 0.1) is 0 Å². The monoisotopic (exact) mass is 1070 g/mol. The quantitative estimate of drug-likeness (QED) is 0.0261. The number of hydrogen-bond acceptors (Lipinski definition) is 6. The van der Waals surface area contributed by atoms with Crippen molar-refractivity contribution in [1.29, 1.82) is 0 Å². The van der Waals surface area contributed by atoms with Gasteiger partial charge in [0.2, 0.25) is 0 Å². The van der Waals surface area contributed by atoms with Crippen LogP contribution in [-0.2, 0) is 28.6 Å². The van der Waals surface area contributed by atoms with Crippen LogP contribution in [0.25, 0.3) is 0 Å². The van der Waals surface area contributed by atoms with E-state index >= 15 is 0 Å². The molecule has 0 aliphatic rings. The van der Waals surface area contributed by atoms with Crippen LogP contribution in [0.15, 0.2) is 122 Å². The highest BCUT2D eigenvalue weighted by Gasteiger charge is 2.19. The summed E-state index contributed by atoms with van der Waals surface area (Å²) in [6.07, 6.45) is 89.3. The maximum atomic E-state index is 12.9. The van der Waals surface area contributed by atoms with Crippen molar-refractivity contribution in [3.05, 3.63) is 122 Å². The summed E-state index contributed by atoms with van der Waals surface area (Å²) in [5.74, 6) is -1.01. The highest BCUT2D eigenvalue weighted by atomic mass is 16.6. The van der Waals surface area contributed by atoms with Gasteiger partial charge in [0, 0.05) is 19.3 Å². The van der Waals surface area contributed by atoms with Crippen molar-refractivity contribution in [2.45, 2.75) is 297 Å². The van der Waals surface area contributed by atoms with E-state index in [0.29, 0.717) is 19.3 Å². The number of hydrogen-bond donors (Lipinski definition) is 0. The number of rotatable bonds is 57. The van der Waals surface area contributed by atoms with Crippen molar-refractivity contribution in [1.82, 2.24) is 0 Å². The van der Waals surface area contributed by atoms with Crippen molar-refractivity contribution >= 4 is 17.9 Å². The first kappa shape index (κ1) is 72.8. The van der Waals surface area contributed by atoms with Crippen LogP contribution in [0.4, 0.5) is 0 Å². The van der Waals surface area contributed by atoms with Gasteiger partial charge in [-0.3, -0.25) is 14.4 Å². The summed E-state index contributed by atoms with van der Waals surface area (Å²) < 4.78 is 16.8. The molecule has 6 heteroatoms. The van der Waals surface area contributed by atoms with Gasteiger partial charge >= 0.3 is 17.9 Å². The third-order valence-corrected chi connectivity index (χ3v) is 13.4. The lowest BCUT2D eigenvalue weighted by Crippen LogP contribution is -2.30. The van der Waals surface area contributed by atoms with E-state index < -0.39 is 6.10 Å². The largest absolute Gasteiger partial charge is 0.462 e. The van der Waals surface area contributed by atoms with E-state index in [1.807, 2.05) is 6.08 Å². The summed E-state index contributed by atoms with van der Waals surface area (Å²) in [5, 5.41) is 0. The van der Waals surface area contributed by atoms with Gasteiger partial charge < -0.3 is 14.2 Å². The summed E-state index contributed by atoms with van der Waals surface area (Å²) in [7, 11) is 0. The van der Waals surface area contributed by atoms with E-state index in [1.165, 1.54) is 141 Å². The lowest BCUT2D eigenvalue weighted by atomic mass is 10.1. The summed E-state index contributed by atoms with van der Waals surface area (Å²) >= 11 is 0. The fourth-order valence-electron chi connectivity index (χ4n) is 8.65. The smallest absolute Gasteiger partial charge is 0.306 e. The molecule has 77 heavy (non-hydrogen) atoms. The molecule has 0 heterocycles. The lowest BCUT2D eigenvalue weighted by molar-refractivity contribution is -0.166.